The van der Waals surface area contributed by atoms with Crippen LogP contribution in [0.2, 0.25) is 0 Å². The molecule has 2 nitrogen and oxygen atoms in total. The van der Waals surface area contributed by atoms with Gasteiger partial charge in [-0.2, -0.15) is 5.26 Å². The van der Waals surface area contributed by atoms with E-state index in [0.717, 1.165) is 12.0 Å². The molecule has 0 spiro atoms. The summed E-state index contributed by atoms with van der Waals surface area (Å²) in [5.41, 5.74) is 2.47. The minimum Gasteiger partial charge on any atom is -0.295 e. The summed E-state index contributed by atoms with van der Waals surface area (Å²) in [6.45, 7) is 4.47. The zero-order chi connectivity index (χ0) is 15.1. The molecule has 1 N–H and O–H groups in total. The van der Waals surface area contributed by atoms with E-state index in [1.54, 1.807) is 0 Å². The van der Waals surface area contributed by atoms with Crippen LogP contribution in [0.5, 0.6) is 0 Å². The van der Waals surface area contributed by atoms with Gasteiger partial charge in [0.2, 0.25) is 0 Å². The Morgan fingerprint density at radius 1 is 1.10 bits per heavy atom. The number of hydrogen-bond acceptors (Lipinski definition) is 2. The first-order chi connectivity index (χ1) is 10.2. The molecular weight excluding hydrogens is 256 g/mol. The van der Waals surface area contributed by atoms with Crippen LogP contribution in [0, 0.1) is 17.2 Å². The van der Waals surface area contributed by atoms with Gasteiger partial charge < -0.3 is 0 Å². The molecule has 0 saturated heterocycles. The number of nitrogens with zero attached hydrogens (tertiary/aromatic N) is 1. The summed E-state index contributed by atoms with van der Waals surface area (Å²) < 4.78 is 0. The van der Waals surface area contributed by atoms with E-state index in [9.17, 15) is 5.26 Å². The average molecular weight is 284 g/mol. The molecule has 2 rings (SSSR count). The van der Waals surface area contributed by atoms with Gasteiger partial charge in [-0.1, -0.05) is 63.8 Å². The van der Waals surface area contributed by atoms with Gasteiger partial charge >= 0.3 is 0 Å². The van der Waals surface area contributed by atoms with Crippen molar-refractivity contribution >= 4 is 0 Å². The van der Waals surface area contributed by atoms with Crippen molar-refractivity contribution in [3.63, 3.8) is 0 Å². The summed E-state index contributed by atoms with van der Waals surface area (Å²) in [5.74, 6) is 0.673. The molecule has 1 aromatic carbocycles. The highest BCUT2D eigenvalue weighted by Gasteiger charge is 2.18. The van der Waals surface area contributed by atoms with E-state index in [-0.39, 0.29) is 6.04 Å². The zero-order valence-electron chi connectivity index (χ0n) is 13.4. The second kappa shape index (κ2) is 8.20. The fourth-order valence-corrected chi connectivity index (χ4v) is 3.21. The minimum absolute atomic E-state index is 0.166. The quantitative estimate of drug-likeness (QED) is 0.791. The second-order valence-electron chi connectivity index (χ2n) is 6.76. The van der Waals surface area contributed by atoms with Crippen molar-refractivity contribution in [1.82, 2.24) is 5.32 Å². The Balaban J connectivity index is 1.98. The van der Waals surface area contributed by atoms with Gasteiger partial charge in [-0.15, -0.1) is 0 Å². The third-order valence-electron chi connectivity index (χ3n) is 4.34. The molecular formula is C19H28N2. The van der Waals surface area contributed by atoms with Crippen molar-refractivity contribution < 1.29 is 0 Å². The summed E-state index contributed by atoms with van der Waals surface area (Å²) in [4.78, 5) is 0. The third-order valence-corrected chi connectivity index (χ3v) is 4.34. The van der Waals surface area contributed by atoms with E-state index in [0.29, 0.717) is 12.0 Å². The molecule has 114 valence electrons. The Hall–Kier alpha value is -1.33. The average Bonchev–Trinajstić information content (AvgIpc) is 2.74. The molecule has 1 aromatic rings. The first-order valence-corrected chi connectivity index (χ1v) is 8.43. The van der Waals surface area contributed by atoms with E-state index in [1.807, 2.05) is 0 Å². The van der Waals surface area contributed by atoms with Crippen LogP contribution >= 0.6 is 0 Å². The zero-order valence-corrected chi connectivity index (χ0v) is 13.4. The van der Waals surface area contributed by atoms with E-state index in [2.05, 4.69) is 49.5 Å². The molecule has 2 heteroatoms. The predicted molar refractivity (Wildman–Crippen MR) is 88.0 cm³/mol. The highest BCUT2D eigenvalue weighted by atomic mass is 14.9. The topological polar surface area (TPSA) is 35.8 Å². The van der Waals surface area contributed by atoms with Crippen molar-refractivity contribution in [2.24, 2.45) is 5.92 Å². The Bertz CT molecular complexity index is 447. The first kappa shape index (κ1) is 16.0. The van der Waals surface area contributed by atoms with Gasteiger partial charge in [-0.05, 0) is 36.3 Å². The van der Waals surface area contributed by atoms with Crippen LogP contribution in [-0.4, -0.2) is 6.04 Å². The van der Waals surface area contributed by atoms with Crippen LogP contribution in [0.4, 0.5) is 0 Å². The maximum Gasteiger partial charge on any atom is 0.121 e. The van der Waals surface area contributed by atoms with Gasteiger partial charge in [0.15, 0.2) is 0 Å². The molecule has 0 aromatic heterocycles. The van der Waals surface area contributed by atoms with Gasteiger partial charge in [0, 0.05) is 6.04 Å². The summed E-state index contributed by atoms with van der Waals surface area (Å²) in [6, 6.07) is 11.4. The Morgan fingerprint density at radius 2 is 1.71 bits per heavy atom. The maximum absolute atomic E-state index is 9.48. The van der Waals surface area contributed by atoms with Crippen molar-refractivity contribution in [2.45, 2.75) is 70.9 Å². The Morgan fingerprint density at radius 3 is 2.24 bits per heavy atom. The van der Waals surface area contributed by atoms with Gasteiger partial charge in [0.25, 0.3) is 0 Å². The Labute approximate surface area is 129 Å². The molecule has 0 amide bonds. The molecule has 1 fully saturated rings. The van der Waals surface area contributed by atoms with E-state index in [1.165, 1.54) is 44.1 Å². The van der Waals surface area contributed by atoms with Gasteiger partial charge in [0.1, 0.15) is 6.04 Å². The third kappa shape index (κ3) is 5.17. The molecule has 1 saturated carbocycles. The van der Waals surface area contributed by atoms with Gasteiger partial charge in [-0.25, -0.2) is 0 Å². The minimum atomic E-state index is -0.166. The SMILES string of the molecule is CC(C)Cc1ccc(C(C#N)NC2CCCCCC2)cc1. The molecule has 0 bridgehead atoms. The van der Waals surface area contributed by atoms with E-state index in [4.69, 9.17) is 0 Å². The lowest BCUT2D eigenvalue weighted by Gasteiger charge is -2.20. The van der Waals surface area contributed by atoms with Crippen LogP contribution in [0.15, 0.2) is 24.3 Å². The molecule has 0 heterocycles. The highest BCUT2D eigenvalue weighted by molar-refractivity contribution is 5.28. The summed E-state index contributed by atoms with van der Waals surface area (Å²) in [6.07, 6.45) is 8.81. The van der Waals surface area contributed by atoms with Crippen molar-refractivity contribution in [2.75, 3.05) is 0 Å². The molecule has 0 aliphatic heterocycles. The molecule has 21 heavy (non-hydrogen) atoms. The Kier molecular flexibility index (Phi) is 6.26. The number of rotatable bonds is 5. The maximum atomic E-state index is 9.48. The normalized spacial score (nSPS) is 18.2. The largest absolute Gasteiger partial charge is 0.295 e. The second-order valence-corrected chi connectivity index (χ2v) is 6.76. The summed E-state index contributed by atoms with van der Waals surface area (Å²) >= 11 is 0. The fraction of sp³-hybridized carbons (Fsp3) is 0.632. The summed E-state index contributed by atoms with van der Waals surface area (Å²) in [7, 11) is 0. The molecule has 1 aliphatic carbocycles. The highest BCUT2D eigenvalue weighted by Crippen LogP contribution is 2.21. The first-order valence-electron chi connectivity index (χ1n) is 8.43. The predicted octanol–water partition coefficient (Wildman–Crippen LogP) is 4.76. The molecule has 1 atom stereocenters. The van der Waals surface area contributed by atoms with Crippen molar-refractivity contribution in [1.29, 1.82) is 5.26 Å². The van der Waals surface area contributed by atoms with E-state index < -0.39 is 0 Å². The van der Waals surface area contributed by atoms with Crippen molar-refractivity contribution in [3.05, 3.63) is 35.4 Å². The van der Waals surface area contributed by atoms with E-state index >= 15 is 0 Å². The van der Waals surface area contributed by atoms with Crippen LogP contribution in [0.1, 0.15) is 69.5 Å². The number of nitrogens with one attached hydrogen (secondary N) is 1. The van der Waals surface area contributed by atoms with Crippen LogP contribution < -0.4 is 5.32 Å². The van der Waals surface area contributed by atoms with Gasteiger partial charge in [-0.3, -0.25) is 5.32 Å². The monoisotopic (exact) mass is 284 g/mol. The lowest BCUT2D eigenvalue weighted by atomic mass is 9.99. The molecule has 0 radical (unpaired) electrons. The van der Waals surface area contributed by atoms with Crippen LogP contribution in [0.25, 0.3) is 0 Å². The molecule has 1 unspecified atom stereocenters. The lowest BCUT2D eigenvalue weighted by molar-refractivity contribution is 0.436. The fourth-order valence-electron chi connectivity index (χ4n) is 3.21. The summed E-state index contributed by atoms with van der Waals surface area (Å²) in [5, 5.41) is 13.0. The number of nitriles is 1. The standard InChI is InChI=1S/C19H28N2/c1-15(2)13-16-9-11-17(12-10-16)19(14-20)21-18-7-5-3-4-6-8-18/h9-12,15,18-19,21H,3-8,13H2,1-2H3. The molecule has 1 aliphatic rings. The smallest absolute Gasteiger partial charge is 0.121 e. The number of hydrogen-bond donors (Lipinski definition) is 1. The van der Waals surface area contributed by atoms with Gasteiger partial charge in [0.05, 0.1) is 6.07 Å². The number of benzene rings is 1. The van der Waals surface area contributed by atoms with Crippen molar-refractivity contribution in [3.8, 4) is 6.07 Å². The van der Waals surface area contributed by atoms with Crippen LogP contribution in [-0.2, 0) is 6.42 Å². The van der Waals surface area contributed by atoms with Crippen LogP contribution in [0.3, 0.4) is 0 Å². The lowest BCUT2D eigenvalue weighted by Crippen LogP contribution is -2.31.